The van der Waals surface area contributed by atoms with Crippen LogP contribution in [0.5, 0.6) is 0 Å². The molecule has 1 fully saturated rings. The Morgan fingerprint density at radius 3 is 2.65 bits per heavy atom. The van der Waals surface area contributed by atoms with Crippen LogP contribution in [0.15, 0.2) is 30.3 Å². The Labute approximate surface area is 109 Å². The van der Waals surface area contributed by atoms with E-state index in [1.807, 2.05) is 0 Å². The molecule has 1 heterocycles. The largest absolute Gasteiger partial charge is 0.307 e. The van der Waals surface area contributed by atoms with Gasteiger partial charge in [0.1, 0.15) is 0 Å². The SMILES string of the molecule is C[C@@H](NC1CSCC(C)(C)C1)c1ccccc1. The van der Waals surface area contributed by atoms with Gasteiger partial charge in [0.15, 0.2) is 0 Å². The zero-order valence-corrected chi connectivity index (χ0v) is 11.9. The summed E-state index contributed by atoms with van der Waals surface area (Å²) in [4.78, 5) is 0. The molecule has 0 radical (unpaired) electrons. The molecule has 1 aromatic carbocycles. The first-order chi connectivity index (χ1) is 8.07. The maximum absolute atomic E-state index is 3.77. The van der Waals surface area contributed by atoms with E-state index in [4.69, 9.17) is 0 Å². The second-order valence-corrected chi connectivity index (χ2v) is 6.91. The first-order valence-electron chi connectivity index (χ1n) is 6.46. The monoisotopic (exact) mass is 249 g/mol. The Morgan fingerprint density at radius 2 is 2.00 bits per heavy atom. The summed E-state index contributed by atoms with van der Waals surface area (Å²) in [7, 11) is 0. The molecule has 1 N–H and O–H groups in total. The van der Waals surface area contributed by atoms with Crippen molar-refractivity contribution in [3.63, 3.8) is 0 Å². The van der Waals surface area contributed by atoms with Gasteiger partial charge in [0.2, 0.25) is 0 Å². The summed E-state index contributed by atoms with van der Waals surface area (Å²) in [6, 6.07) is 11.8. The van der Waals surface area contributed by atoms with Gasteiger partial charge in [0, 0.05) is 17.8 Å². The Kier molecular flexibility index (Phi) is 4.16. The van der Waals surface area contributed by atoms with E-state index in [0.717, 1.165) is 0 Å². The molecule has 1 aliphatic rings. The molecule has 0 spiro atoms. The van der Waals surface area contributed by atoms with Crippen molar-refractivity contribution >= 4 is 11.8 Å². The molecule has 0 saturated carbocycles. The summed E-state index contributed by atoms with van der Waals surface area (Å²) in [5.74, 6) is 2.55. The van der Waals surface area contributed by atoms with Crippen molar-refractivity contribution in [2.24, 2.45) is 5.41 Å². The number of hydrogen-bond donors (Lipinski definition) is 1. The highest BCUT2D eigenvalue weighted by Crippen LogP contribution is 2.34. The van der Waals surface area contributed by atoms with E-state index in [9.17, 15) is 0 Å². The van der Waals surface area contributed by atoms with Crippen LogP contribution in [0.1, 0.15) is 38.8 Å². The Balaban J connectivity index is 1.93. The summed E-state index contributed by atoms with van der Waals surface area (Å²) >= 11 is 2.08. The van der Waals surface area contributed by atoms with E-state index in [1.165, 1.54) is 23.5 Å². The van der Waals surface area contributed by atoms with Crippen LogP contribution in [-0.2, 0) is 0 Å². The molecule has 0 bridgehead atoms. The van der Waals surface area contributed by atoms with E-state index in [-0.39, 0.29) is 0 Å². The van der Waals surface area contributed by atoms with Crippen LogP contribution in [0.3, 0.4) is 0 Å². The van der Waals surface area contributed by atoms with Gasteiger partial charge in [-0.3, -0.25) is 0 Å². The standard InChI is InChI=1S/C15H23NS/c1-12(13-7-5-4-6-8-13)16-14-9-15(2,3)11-17-10-14/h4-8,12,14,16H,9-11H2,1-3H3/t12-,14?/m1/s1. The third kappa shape index (κ3) is 3.75. The number of rotatable bonds is 3. The highest BCUT2D eigenvalue weighted by atomic mass is 32.2. The number of benzene rings is 1. The lowest BCUT2D eigenvalue weighted by Gasteiger charge is -2.36. The zero-order chi connectivity index (χ0) is 12.3. The maximum Gasteiger partial charge on any atom is 0.0294 e. The molecule has 1 saturated heterocycles. The number of hydrogen-bond acceptors (Lipinski definition) is 2. The van der Waals surface area contributed by atoms with Crippen LogP contribution in [0.25, 0.3) is 0 Å². The lowest BCUT2D eigenvalue weighted by molar-refractivity contribution is 0.305. The Hall–Kier alpha value is -0.470. The number of nitrogens with one attached hydrogen (secondary N) is 1. The average Bonchev–Trinajstić information content (AvgIpc) is 2.29. The van der Waals surface area contributed by atoms with Gasteiger partial charge in [0.25, 0.3) is 0 Å². The quantitative estimate of drug-likeness (QED) is 0.873. The lowest BCUT2D eigenvalue weighted by atomic mass is 9.87. The van der Waals surface area contributed by atoms with Gasteiger partial charge in [-0.1, -0.05) is 44.2 Å². The summed E-state index contributed by atoms with van der Waals surface area (Å²) in [6.45, 7) is 7.02. The normalized spacial score (nSPS) is 25.5. The van der Waals surface area contributed by atoms with Gasteiger partial charge in [-0.2, -0.15) is 11.8 Å². The van der Waals surface area contributed by atoms with Crippen LogP contribution >= 0.6 is 11.8 Å². The third-order valence-electron chi connectivity index (χ3n) is 3.40. The van der Waals surface area contributed by atoms with Gasteiger partial charge in [-0.25, -0.2) is 0 Å². The minimum Gasteiger partial charge on any atom is -0.307 e. The van der Waals surface area contributed by atoms with E-state index < -0.39 is 0 Å². The van der Waals surface area contributed by atoms with Crippen molar-refractivity contribution < 1.29 is 0 Å². The minimum absolute atomic E-state index is 0.454. The van der Waals surface area contributed by atoms with Crippen LogP contribution in [-0.4, -0.2) is 17.5 Å². The molecule has 1 aromatic rings. The molecule has 17 heavy (non-hydrogen) atoms. The van der Waals surface area contributed by atoms with Crippen LogP contribution in [0.4, 0.5) is 0 Å². The molecule has 94 valence electrons. The van der Waals surface area contributed by atoms with Crippen molar-refractivity contribution in [3.05, 3.63) is 35.9 Å². The van der Waals surface area contributed by atoms with E-state index in [1.54, 1.807) is 0 Å². The first kappa shape index (κ1) is 13.0. The molecule has 2 atom stereocenters. The fourth-order valence-corrected chi connectivity index (χ4v) is 3.85. The first-order valence-corrected chi connectivity index (χ1v) is 7.61. The fraction of sp³-hybridized carbons (Fsp3) is 0.600. The van der Waals surface area contributed by atoms with Gasteiger partial charge in [0.05, 0.1) is 0 Å². The smallest absolute Gasteiger partial charge is 0.0294 e. The molecule has 2 heteroatoms. The Bertz CT molecular complexity index is 347. The van der Waals surface area contributed by atoms with Gasteiger partial charge in [-0.05, 0) is 30.1 Å². The molecular formula is C15H23NS. The van der Waals surface area contributed by atoms with Crippen molar-refractivity contribution in [3.8, 4) is 0 Å². The van der Waals surface area contributed by atoms with Crippen molar-refractivity contribution in [2.75, 3.05) is 11.5 Å². The van der Waals surface area contributed by atoms with Crippen molar-refractivity contribution in [2.45, 2.75) is 39.3 Å². The van der Waals surface area contributed by atoms with Crippen LogP contribution in [0, 0.1) is 5.41 Å². The predicted octanol–water partition coefficient (Wildman–Crippen LogP) is 3.87. The van der Waals surface area contributed by atoms with Gasteiger partial charge in [-0.15, -0.1) is 0 Å². The minimum atomic E-state index is 0.454. The third-order valence-corrected chi connectivity index (χ3v) is 5.02. The van der Waals surface area contributed by atoms with E-state index in [2.05, 4.69) is 68.2 Å². The molecule has 1 aliphatic heterocycles. The highest BCUT2D eigenvalue weighted by molar-refractivity contribution is 7.99. The molecule has 1 unspecified atom stereocenters. The van der Waals surface area contributed by atoms with Gasteiger partial charge >= 0.3 is 0 Å². The second-order valence-electron chi connectivity index (χ2n) is 5.88. The van der Waals surface area contributed by atoms with Crippen molar-refractivity contribution in [1.29, 1.82) is 0 Å². The van der Waals surface area contributed by atoms with Crippen LogP contribution in [0.2, 0.25) is 0 Å². The highest BCUT2D eigenvalue weighted by Gasteiger charge is 2.28. The second kappa shape index (κ2) is 5.45. The molecule has 1 nitrogen and oxygen atoms in total. The summed E-state index contributed by atoms with van der Waals surface area (Å²) in [5.41, 5.74) is 1.87. The summed E-state index contributed by atoms with van der Waals surface area (Å²) in [5, 5.41) is 3.77. The lowest BCUT2D eigenvalue weighted by Crippen LogP contribution is -2.41. The summed E-state index contributed by atoms with van der Waals surface area (Å²) in [6.07, 6.45) is 1.29. The van der Waals surface area contributed by atoms with Crippen LogP contribution < -0.4 is 5.32 Å². The van der Waals surface area contributed by atoms with E-state index in [0.29, 0.717) is 17.5 Å². The summed E-state index contributed by atoms with van der Waals surface area (Å²) < 4.78 is 0. The predicted molar refractivity (Wildman–Crippen MR) is 77.5 cm³/mol. The molecule has 0 aliphatic carbocycles. The van der Waals surface area contributed by atoms with E-state index >= 15 is 0 Å². The molecule has 2 rings (SSSR count). The van der Waals surface area contributed by atoms with Gasteiger partial charge < -0.3 is 5.32 Å². The number of thioether (sulfide) groups is 1. The molecule has 0 amide bonds. The van der Waals surface area contributed by atoms with Crippen molar-refractivity contribution in [1.82, 2.24) is 5.32 Å². The fourth-order valence-electron chi connectivity index (χ4n) is 2.56. The topological polar surface area (TPSA) is 12.0 Å². The maximum atomic E-state index is 3.77. The average molecular weight is 249 g/mol. The zero-order valence-electron chi connectivity index (χ0n) is 11.1. The molecule has 0 aromatic heterocycles. The Morgan fingerprint density at radius 1 is 1.29 bits per heavy atom. The molecular weight excluding hydrogens is 226 g/mol.